The first-order valence-corrected chi connectivity index (χ1v) is 7.69. The van der Waals surface area contributed by atoms with Gasteiger partial charge >= 0.3 is 0 Å². The van der Waals surface area contributed by atoms with Gasteiger partial charge in [-0.05, 0) is 43.5 Å². The average molecular weight is 287 g/mol. The van der Waals surface area contributed by atoms with E-state index in [4.69, 9.17) is 0 Å². The van der Waals surface area contributed by atoms with Crippen molar-refractivity contribution in [3.05, 3.63) is 40.3 Å². The lowest BCUT2D eigenvalue weighted by atomic mass is 10.1. The number of nitrogens with one attached hydrogen (secondary N) is 2. The molecular weight excluding hydrogens is 270 g/mol. The number of nitrogens with zero attached hydrogens (tertiary/aromatic N) is 1. The van der Waals surface area contributed by atoms with Crippen molar-refractivity contribution in [2.45, 2.75) is 32.2 Å². The summed E-state index contributed by atoms with van der Waals surface area (Å²) in [6.45, 7) is 2.10. The summed E-state index contributed by atoms with van der Waals surface area (Å²) in [6, 6.07) is 6.31. The maximum Gasteiger partial charge on any atom is 0.224 e. The maximum atomic E-state index is 11.5. The van der Waals surface area contributed by atoms with Crippen molar-refractivity contribution in [1.82, 2.24) is 4.98 Å². The number of anilines is 2. The number of thiazole rings is 1. The number of aromatic nitrogens is 1. The lowest BCUT2D eigenvalue weighted by Gasteiger charge is -2.15. The Balaban J connectivity index is 1.78. The molecule has 2 heterocycles. The first-order chi connectivity index (χ1) is 9.72. The minimum absolute atomic E-state index is 0.112. The van der Waals surface area contributed by atoms with Gasteiger partial charge in [-0.2, -0.15) is 0 Å². The Morgan fingerprint density at radius 2 is 2.30 bits per heavy atom. The Labute approximate surface area is 122 Å². The molecule has 0 fully saturated rings. The molecule has 1 aliphatic heterocycles. The quantitative estimate of drug-likeness (QED) is 0.907. The molecule has 0 saturated carbocycles. The molecule has 1 unspecified atom stereocenters. The van der Waals surface area contributed by atoms with Crippen molar-refractivity contribution in [1.29, 1.82) is 0 Å². The molecule has 2 N–H and O–H groups in total. The van der Waals surface area contributed by atoms with Gasteiger partial charge in [-0.15, -0.1) is 11.3 Å². The fraction of sp³-hybridized carbons (Fsp3) is 0.333. The predicted octanol–water partition coefficient (Wildman–Crippen LogP) is 3.59. The molecule has 20 heavy (non-hydrogen) atoms. The van der Waals surface area contributed by atoms with Gasteiger partial charge in [0.25, 0.3) is 0 Å². The Kier molecular flexibility index (Phi) is 3.69. The molecule has 0 radical (unpaired) electrons. The molecule has 0 aliphatic carbocycles. The SMILES string of the molecule is CC(Nc1ccc2c(c1)CCCC(=O)N2)c1nccs1. The van der Waals surface area contributed by atoms with Crippen LogP contribution in [0.5, 0.6) is 0 Å². The van der Waals surface area contributed by atoms with Crippen LogP contribution in [0.4, 0.5) is 11.4 Å². The fourth-order valence-electron chi connectivity index (χ4n) is 2.42. The molecule has 0 saturated heterocycles. The molecule has 104 valence electrons. The van der Waals surface area contributed by atoms with Gasteiger partial charge in [0, 0.05) is 29.4 Å². The van der Waals surface area contributed by atoms with Gasteiger partial charge in [0.1, 0.15) is 5.01 Å². The lowest BCUT2D eigenvalue weighted by Crippen LogP contribution is -2.10. The summed E-state index contributed by atoms with van der Waals surface area (Å²) in [4.78, 5) is 15.9. The number of hydrogen-bond donors (Lipinski definition) is 2. The molecule has 1 atom stereocenters. The molecule has 1 amide bonds. The number of carbonyl (C=O) groups is 1. The highest BCUT2D eigenvalue weighted by Crippen LogP contribution is 2.27. The number of aryl methyl sites for hydroxylation is 1. The van der Waals surface area contributed by atoms with Crippen molar-refractivity contribution >= 4 is 28.6 Å². The van der Waals surface area contributed by atoms with Gasteiger partial charge in [0.05, 0.1) is 6.04 Å². The van der Waals surface area contributed by atoms with E-state index in [0.29, 0.717) is 6.42 Å². The summed E-state index contributed by atoms with van der Waals surface area (Å²) >= 11 is 1.65. The molecule has 2 aromatic rings. The Morgan fingerprint density at radius 3 is 3.10 bits per heavy atom. The third kappa shape index (κ3) is 2.82. The van der Waals surface area contributed by atoms with Crippen LogP contribution in [-0.2, 0) is 11.2 Å². The minimum atomic E-state index is 0.112. The van der Waals surface area contributed by atoms with E-state index < -0.39 is 0 Å². The molecule has 4 nitrogen and oxygen atoms in total. The standard InChI is InChI=1S/C15H17N3OS/c1-10(15-16-7-8-20-15)17-12-5-6-13-11(9-12)3-2-4-14(19)18-13/h5-10,17H,2-4H2,1H3,(H,18,19). The highest BCUT2D eigenvalue weighted by Gasteiger charge is 2.14. The highest BCUT2D eigenvalue weighted by molar-refractivity contribution is 7.09. The number of amides is 1. The van der Waals surface area contributed by atoms with E-state index in [0.717, 1.165) is 29.2 Å². The van der Waals surface area contributed by atoms with E-state index in [1.54, 1.807) is 11.3 Å². The summed E-state index contributed by atoms with van der Waals surface area (Å²) in [7, 11) is 0. The topological polar surface area (TPSA) is 54.0 Å². The van der Waals surface area contributed by atoms with Gasteiger partial charge in [0.15, 0.2) is 0 Å². The zero-order valence-electron chi connectivity index (χ0n) is 11.3. The largest absolute Gasteiger partial charge is 0.376 e. The summed E-state index contributed by atoms with van der Waals surface area (Å²) < 4.78 is 0. The summed E-state index contributed by atoms with van der Waals surface area (Å²) in [5, 5.41) is 9.48. The van der Waals surface area contributed by atoms with Crippen LogP contribution < -0.4 is 10.6 Å². The second-order valence-electron chi connectivity index (χ2n) is 5.01. The van der Waals surface area contributed by atoms with E-state index in [1.165, 1.54) is 5.56 Å². The lowest BCUT2D eigenvalue weighted by molar-refractivity contribution is -0.116. The fourth-order valence-corrected chi connectivity index (χ4v) is 3.07. The van der Waals surface area contributed by atoms with Gasteiger partial charge in [-0.25, -0.2) is 4.98 Å². The van der Waals surface area contributed by atoms with Crippen LogP contribution in [0.3, 0.4) is 0 Å². The molecule has 3 rings (SSSR count). The van der Waals surface area contributed by atoms with Crippen molar-refractivity contribution in [3.8, 4) is 0 Å². The Hall–Kier alpha value is -1.88. The maximum absolute atomic E-state index is 11.5. The van der Waals surface area contributed by atoms with E-state index in [1.807, 2.05) is 23.7 Å². The minimum Gasteiger partial charge on any atom is -0.376 e. The molecule has 1 aromatic carbocycles. The Bertz CT molecular complexity index is 610. The monoisotopic (exact) mass is 287 g/mol. The van der Waals surface area contributed by atoms with Gasteiger partial charge in [0.2, 0.25) is 5.91 Å². The molecule has 0 bridgehead atoms. The number of benzene rings is 1. The molecule has 1 aliphatic rings. The van der Waals surface area contributed by atoms with Crippen LogP contribution in [0.1, 0.15) is 36.4 Å². The van der Waals surface area contributed by atoms with Crippen molar-refractivity contribution < 1.29 is 4.79 Å². The second-order valence-corrected chi connectivity index (χ2v) is 5.94. The highest BCUT2D eigenvalue weighted by atomic mass is 32.1. The first kappa shape index (κ1) is 13.1. The van der Waals surface area contributed by atoms with Crippen molar-refractivity contribution in [2.24, 2.45) is 0 Å². The van der Waals surface area contributed by atoms with Gasteiger partial charge < -0.3 is 10.6 Å². The van der Waals surface area contributed by atoms with Crippen LogP contribution in [0.15, 0.2) is 29.8 Å². The van der Waals surface area contributed by atoms with Crippen molar-refractivity contribution in [2.75, 3.05) is 10.6 Å². The van der Waals surface area contributed by atoms with Crippen LogP contribution in [0.2, 0.25) is 0 Å². The molecular formula is C15H17N3OS. The summed E-state index contributed by atoms with van der Waals surface area (Å²) in [5.74, 6) is 0.112. The van der Waals surface area contributed by atoms with E-state index in [9.17, 15) is 4.79 Å². The number of rotatable bonds is 3. The Morgan fingerprint density at radius 1 is 1.40 bits per heavy atom. The average Bonchev–Trinajstić information content (AvgIpc) is 2.89. The van der Waals surface area contributed by atoms with Crippen LogP contribution in [0.25, 0.3) is 0 Å². The molecule has 0 spiro atoms. The zero-order valence-corrected chi connectivity index (χ0v) is 12.2. The third-order valence-electron chi connectivity index (χ3n) is 3.43. The van der Waals surface area contributed by atoms with Crippen LogP contribution in [0, 0.1) is 0 Å². The van der Waals surface area contributed by atoms with Crippen LogP contribution in [-0.4, -0.2) is 10.9 Å². The molecule has 1 aromatic heterocycles. The van der Waals surface area contributed by atoms with Gasteiger partial charge in [-0.3, -0.25) is 4.79 Å². The predicted molar refractivity (Wildman–Crippen MR) is 82.2 cm³/mol. The molecule has 5 heteroatoms. The van der Waals surface area contributed by atoms with E-state index in [2.05, 4.69) is 28.6 Å². The number of hydrogen-bond acceptors (Lipinski definition) is 4. The second kappa shape index (κ2) is 5.63. The van der Waals surface area contributed by atoms with E-state index in [-0.39, 0.29) is 11.9 Å². The summed E-state index contributed by atoms with van der Waals surface area (Å²) in [5.41, 5.74) is 3.22. The first-order valence-electron chi connectivity index (χ1n) is 6.81. The third-order valence-corrected chi connectivity index (χ3v) is 4.39. The number of carbonyl (C=O) groups excluding carboxylic acids is 1. The smallest absolute Gasteiger partial charge is 0.224 e. The van der Waals surface area contributed by atoms with Crippen LogP contribution >= 0.6 is 11.3 Å². The summed E-state index contributed by atoms with van der Waals surface area (Å²) in [6.07, 6.45) is 4.28. The van der Waals surface area contributed by atoms with E-state index >= 15 is 0 Å². The van der Waals surface area contributed by atoms with Gasteiger partial charge in [-0.1, -0.05) is 0 Å². The normalized spacial score (nSPS) is 15.9. The number of fused-ring (bicyclic) bond motifs is 1. The van der Waals surface area contributed by atoms with Crippen molar-refractivity contribution in [3.63, 3.8) is 0 Å². The zero-order chi connectivity index (χ0) is 13.9.